The van der Waals surface area contributed by atoms with Crippen molar-refractivity contribution in [3.63, 3.8) is 0 Å². The molecule has 0 fully saturated rings. The van der Waals surface area contributed by atoms with Gasteiger partial charge in [-0.2, -0.15) is 5.10 Å². The second kappa shape index (κ2) is 4.94. The molecule has 0 aliphatic carbocycles. The lowest BCUT2D eigenvalue weighted by Crippen LogP contribution is -2.14. The number of rotatable bonds is 4. The van der Waals surface area contributed by atoms with E-state index in [1.807, 2.05) is 18.1 Å². The molecule has 0 saturated heterocycles. The van der Waals surface area contributed by atoms with Gasteiger partial charge in [0.25, 0.3) is 0 Å². The first-order chi connectivity index (χ1) is 5.07. The number of hydrogen-bond acceptors (Lipinski definition) is 2. The zero-order valence-corrected chi connectivity index (χ0v) is 7.96. The van der Waals surface area contributed by atoms with Crippen LogP contribution in [0.5, 0.6) is 0 Å². The summed E-state index contributed by atoms with van der Waals surface area (Å²) in [4.78, 5) is 0. The molecule has 0 spiro atoms. The fourth-order valence-electron chi connectivity index (χ4n) is 0.664. The summed E-state index contributed by atoms with van der Waals surface area (Å²) in [5.74, 6) is 0.503. The third kappa shape index (κ3) is 4.59. The number of hydrogen-bond donors (Lipinski definition) is 0. The molecule has 0 N–H and O–H groups in total. The Kier molecular flexibility index (Phi) is 4.59. The fourth-order valence-corrected chi connectivity index (χ4v) is 0.664. The molecule has 0 amide bonds. The highest BCUT2D eigenvalue weighted by Crippen LogP contribution is 2.00. The van der Waals surface area contributed by atoms with Crippen LogP contribution >= 0.6 is 0 Å². The van der Waals surface area contributed by atoms with Gasteiger partial charge in [-0.05, 0) is 19.8 Å². The minimum Gasteiger partial charge on any atom is -0.271 e. The standard InChI is InChI=1S/C9H18N2/c1-6-11(9(4)5)10-7-8(2)3/h7-8H,4,6H2,1-3,5H3/b10-7-. The average molecular weight is 154 g/mol. The van der Waals surface area contributed by atoms with Crippen molar-refractivity contribution >= 4 is 6.21 Å². The van der Waals surface area contributed by atoms with Crippen molar-refractivity contribution in [3.05, 3.63) is 12.3 Å². The van der Waals surface area contributed by atoms with Crippen molar-refractivity contribution in [3.8, 4) is 0 Å². The van der Waals surface area contributed by atoms with Crippen LogP contribution in [0.3, 0.4) is 0 Å². The highest BCUT2D eigenvalue weighted by atomic mass is 15.4. The Labute approximate surface area is 69.6 Å². The Morgan fingerprint density at radius 1 is 1.64 bits per heavy atom. The zero-order valence-electron chi connectivity index (χ0n) is 7.96. The molecular formula is C9H18N2. The quantitative estimate of drug-likeness (QED) is 0.448. The normalized spacial score (nSPS) is 11.0. The third-order valence-corrected chi connectivity index (χ3v) is 1.24. The van der Waals surface area contributed by atoms with Gasteiger partial charge in [-0.1, -0.05) is 20.4 Å². The summed E-state index contributed by atoms with van der Waals surface area (Å²) in [7, 11) is 0. The molecule has 11 heavy (non-hydrogen) atoms. The molecule has 2 nitrogen and oxygen atoms in total. The molecule has 0 aromatic carbocycles. The maximum atomic E-state index is 4.25. The zero-order chi connectivity index (χ0) is 8.85. The molecule has 0 heterocycles. The molecule has 0 aromatic heterocycles. The van der Waals surface area contributed by atoms with Crippen molar-refractivity contribution < 1.29 is 0 Å². The van der Waals surface area contributed by atoms with Crippen LogP contribution in [-0.2, 0) is 0 Å². The van der Waals surface area contributed by atoms with Gasteiger partial charge in [-0.15, -0.1) is 0 Å². The first kappa shape index (κ1) is 10.2. The molecule has 0 atom stereocenters. The smallest absolute Gasteiger partial charge is 0.0383 e. The maximum absolute atomic E-state index is 4.25. The Morgan fingerprint density at radius 2 is 2.18 bits per heavy atom. The van der Waals surface area contributed by atoms with Gasteiger partial charge in [0.15, 0.2) is 0 Å². The Balaban J connectivity index is 3.97. The Bertz CT molecular complexity index is 148. The molecule has 0 bridgehead atoms. The van der Waals surface area contributed by atoms with Crippen molar-refractivity contribution in [2.45, 2.75) is 27.7 Å². The summed E-state index contributed by atoms with van der Waals surface area (Å²) < 4.78 is 0. The molecule has 0 unspecified atom stereocenters. The first-order valence-corrected chi connectivity index (χ1v) is 4.05. The molecule has 0 aliphatic heterocycles. The van der Waals surface area contributed by atoms with Gasteiger partial charge < -0.3 is 0 Å². The molecule has 0 rings (SSSR count). The van der Waals surface area contributed by atoms with E-state index in [0.717, 1.165) is 12.2 Å². The van der Waals surface area contributed by atoms with Crippen molar-refractivity contribution in [1.29, 1.82) is 0 Å². The molecule has 2 heteroatoms. The van der Waals surface area contributed by atoms with Crippen LogP contribution in [0.25, 0.3) is 0 Å². The highest BCUT2D eigenvalue weighted by molar-refractivity contribution is 5.59. The van der Waals surface area contributed by atoms with E-state index in [4.69, 9.17) is 0 Å². The fraction of sp³-hybridized carbons (Fsp3) is 0.667. The Morgan fingerprint density at radius 3 is 2.45 bits per heavy atom. The summed E-state index contributed by atoms with van der Waals surface area (Å²) in [5, 5.41) is 6.14. The lowest BCUT2D eigenvalue weighted by atomic mass is 10.3. The van der Waals surface area contributed by atoms with Crippen molar-refractivity contribution in [1.82, 2.24) is 5.01 Å². The van der Waals surface area contributed by atoms with Gasteiger partial charge in [0.1, 0.15) is 0 Å². The number of nitrogens with zero attached hydrogens (tertiary/aromatic N) is 2. The van der Waals surface area contributed by atoms with E-state index in [1.165, 1.54) is 0 Å². The van der Waals surface area contributed by atoms with Gasteiger partial charge in [0.2, 0.25) is 0 Å². The molecule has 64 valence electrons. The van der Waals surface area contributed by atoms with Gasteiger partial charge in [-0.3, -0.25) is 5.01 Å². The second-order valence-corrected chi connectivity index (χ2v) is 2.96. The Hall–Kier alpha value is -0.790. The van der Waals surface area contributed by atoms with Gasteiger partial charge in [-0.25, -0.2) is 0 Å². The van der Waals surface area contributed by atoms with Crippen LogP contribution in [0, 0.1) is 5.92 Å². The van der Waals surface area contributed by atoms with Crippen LogP contribution in [0.1, 0.15) is 27.7 Å². The van der Waals surface area contributed by atoms with E-state index in [-0.39, 0.29) is 0 Å². The molecule has 0 aromatic rings. The van der Waals surface area contributed by atoms with Crippen molar-refractivity contribution in [2.24, 2.45) is 11.0 Å². The summed E-state index contributed by atoms with van der Waals surface area (Å²) in [6.07, 6.45) is 1.93. The predicted molar refractivity (Wildman–Crippen MR) is 50.5 cm³/mol. The van der Waals surface area contributed by atoms with E-state index in [0.29, 0.717) is 5.92 Å². The molecule has 0 aliphatic rings. The average Bonchev–Trinajstić information content (AvgIpc) is 1.87. The number of hydrazone groups is 1. The highest BCUT2D eigenvalue weighted by Gasteiger charge is 1.95. The predicted octanol–water partition coefficient (Wildman–Crippen LogP) is 2.48. The summed E-state index contributed by atoms with van der Waals surface area (Å²) >= 11 is 0. The van der Waals surface area contributed by atoms with Gasteiger partial charge in [0, 0.05) is 18.5 Å². The summed E-state index contributed by atoms with van der Waals surface area (Å²) in [5.41, 5.74) is 0.990. The van der Waals surface area contributed by atoms with E-state index in [1.54, 1.807) is 0 Å². The van der Waals surface area contributed by atoms with Crippen LogP contribution in [-0.4, -0.2) is 17.8 Å². The van der Waals surface area contributed by atoms with Crippen LogP contribution < -0.4 is 0 Å². The molecule has 0 saturated carbocycles. The van der Waals surface area contributed by atoms with Crippen LogP contribution in [0.2, 0.25) is 0 Å². The third-order valence-electron chi connectivity index (χ3n) is 1.24. The van der Waals surface area contributed by atoms with Gasteiger partial charge in [0.05, 0.1) is 0 Å². The largest absolute Gasteiger partial charge is 0.271 e. The second-order valence-electron chi connectivity index (χ2n) is 2.96. The summed E-state index contributed by atoms with van der Waals surface area (Å²) in [6.45, 7) is 12.9. The minimum atomic E-state index is 0.503. The lowest BCUT2D eigenvalue weighted by Gasteiger charge is -2.16. The molecular weight excluding hydrogens is 136 g/mol. The van der Waals surface area contributed by atoms with E-state index >= 15 is 0 Å². The van der Waals surface area contributed by atoms with Crippen LogP contribution in [0.15, 0.2) is 17.4 Å². The van der Waals surface area contributed by atoms with Crippen LogP contribution in [0.4, 0.5) is 0 Å². The van der Waals surface area contributed by atoms with E-state index in [9.17, 15) is 0 Å². The summed E-state index contributed by atoms with van der Waals surface area (Å²) in [6, 6.07) is 0. The van der Waals surface area contributed by atoms with Gasteiger partial charge >= 0.3 is 0 Å². The topological polar surface area (TPSA) is 15.6 Å². The monoisotopic (exact) mass is 154 g/mol. The molecule has 0 radical (unpaired) electrons. The van der Waals surface area contributed by atoms with E-state index in [2.05, 4.69) is 32.5 Å². The maximum Gasteiger partial charge on any atom is 0.0383 e. The SMILES string of the molecule is C=C(C)N(CC)/N=C\C(C)C. The number of allylic oxidation sites excluding steroid dienone is 1. The van der Waals surface area contributed by atoms with E-state index < -0.39 is 0 Å². The van der Waals surface area contributed by atoms with Crippen molar-refractivity contribution in [2.75, 3.05) is 6.54 Å². The lowest BCUT2D eigenvalue weighted by molar-refractivity contribution is 0.387. The first-order valence-electron chi connectivity index (χ1n) is 4.05. The minimum absolute atomic E-state index is 0.503.